The molecule has 108 valence electrons. The van der Waals surface area contributed by atoms with Gasteiger partial charge in [0.05, 0.1) is 5.69 Å². The zero-order valence-corrected chi connectivity index (χ0v) is 12.3. The van der Waals surface area contributed by atoms with Gasteiger partial charge in [-0.15, -0.1) is 12.4 Å². The molecule has 19 heavy (non-hydrogen) atoms. The van der Waals surface area contributed by atoms with Crippen molar-refractivity contribution in [1.82, 2.24) is 20.8 Å². The van der Waals surface area contributed by atoms with Gasteiger partial charge in [0.2, 0.25) is 0 Å². The van der Waals surface area contributed by atoms with Crippen molar-refractivity contribution in [3.8, 4) is 0 Å². The molecule has 0 aliphatic heterocycles. The number of aryl methyl sites for hydroxylation is 1. The van der Waals surface area contributed by atoms with Crippen LogP contribution in [-0.2, 0) is 0 Å². The molecule has 0 radical (unpaired) electrons. The minimum atomic E-state index is -0.447. The van der Waals surface area contributed by atoms with E-state index in [2.05, 4.69) is 27.8 Å². The molecule has 7 heteroatoms. The summed E-state index contributed by atoms with van der Waals surface area (Å²) in [6.07, 6.45) is 1.05. The van der Waals surface area contributed by atoms with Crippen molar-refractivity contribution < 1.29 is 4.79 Å². The maximum absolute atomic E-state index is 11.9. The fourth-order valence-corrected chi connectivity index (χ4v) is 1.55. The van der Waals surface area contributed by atoms with Crippen LogP contribution in [0.25, 0.3) is 0 Å². The van der Waals surface area contributed by atoms with Gasteiger partial charge in [0.15, 0.2) is 0 Å². The summed E-state index contributed by atoms with van der Waals surface area (Å²) in [7, 11) is 0. The molecule has 6 nitrogen and oxygen atoms in total. The number of aromatic nitrogens is 2. The summed E-state index contributed by atoms with van der Waals surface area (Å²) in [6.45, 7) is 7.67. The molecule has 0 saturated carbocycles. The average molecular weight is 289 g/mol. The number of carbonyl (C=O) groups is 1. The van der Waals surface area contributed by atoms with Crippen molar-refractivity contribution in [1.29, 1.82) is 0 Å². The summed E-state index contributed by atoms with van der Waals surface area (Å²) < 4.78 is 0. The maximum Gasteiger partial charge on any atom is 0.277 e. The molecular formula is C12H21ClN4O2. The van der Waals surface area contributed by atoms with E-state index in [-0.39, 0.29) is 23.9 Å². The van der Waals surface area contributed by atoms with Crippen LogP contribution in [0.5, 0.6) is 0 Å². The van der Waals surface area contributed by atoms with Gasteiger partial charge in [-0.1, -0.05) is 6.92 Å². The zero-order chi connectivity index (χ0) is 13.5. The van der Waals surface area contributed by atoms with Crippen LogP contribution in [0.15, 0.2) is 4.79 Å². The number of amides is 1. The van der Waals surface area contributed by atoms with E-state index < -0.39 is 5.56 Å². The van der Waals surface area contributed by atoms with Crippen molar-refractivity contribution in [2.75, 3.05) is 19.6 Å². The van der Waals surface area contributed by atoms with Gasteiger partial charge >= 0.3 is 0 Å². The fourth-order valence-electron chi connectivity index (χ4n) is 1.55. The minimum Gasteiger partial charge on any atom is -0.351 e. The number of nitrogens with zero attached hydrogens (tertiary/aromatic N) is 1. The Hall–Kier alpha value is -1.40. The third kappa shape index (κ3) is 5.00. The molecule has 0 saturated heterocycles. The van der Waals surface area contributed by atoms with Gasteiger partial charge in [0, 0.05) is 13.1 Å². The Morgan fingerprint density at radius 3 is 2.58 bits per heavy atom. The lowest BCUT2D eigenvalue weighted by Gasteiger charge is -2.08. The maximum atomic E-state index is 11.9. The first-order valence-corrected chi connectivity index (χ1v) is 6.12. The molecule has 0 aromatic carbocycles. The van der Waals surface area contributed by atoms with Gasteiger partial charge < -0.3 is 10.6 Å². The Balaban J connectivity index is 0.00000324. The molecule has 0 aliphatic rings. The second-order valence-corrected chi connectivity index (χ2v) is 4.14. The second-order valence-electron chi connectivity index (χ2n) is 4.14. The van der Waals surface area contributed by atoms with Crippen LogP contribution in [0.4, 0.5) is 0 Å². The molecule has 0 atom stereocenters. The Bertz CT molecular complexity index is 473. The highest BCUT2D eigenvalue weighted by Crippen LogP contribution is 2.04. The molecule has 0 fully saturated rings. The standard InChI is InChI=1S/C12H20N4O2.ClH/c1-4-5-13-6-7-14-11(17)10-8(2)9(3)15-16-12(10)18;/h13H,4-7H2,1-3H3,(H,14,17)(H,16,18);1H. The van der Waals surface area contributed by atoms with E-state index in [9.17, 15) is 9.59 Å². The van der Waals surface area contributed by atoms with E-state index in [1.165, 1.54) is 0 Å². The smallest absolute Gasteiger partial charge is 0.277 e. The number of hydrogen-bond donors (Lipinski definition) is 3. The summed E-state index contributed by atoms with van der Waals surface area (Å²) in [6, 6.07) is 0. The molecular weight excluding hydrogens is 268 g/mol. The van der Waals surface area contributed by atoms with E-state index in [4.69, 9.17) is 0 Å². The number of hydrogen-bond acceptors (Lipinski definition) is 4. The lowest BCUT2D eigenvalue weighted by atomic mass is 10.1. The molecule has 0 bridgehead atoms. The largest absolute Gasteiger partial charge is 0.351 e. The molecule has 1 aromatic heterocycles. The van der Waals surface area contributed by atoms with Crippen LogP contribution in [-0.4, -0.2) is 35.7 Å². The topological polar surface area (TPSA) is 86.9 Å². The fraction of sp³-hybridized carbons (Fsp3) is 0.583. The Labute approximate surface area is 118 Å². The monoisotopic (exact) mass is 288 g/mol. The number of aromatic amines is 1. The predicted octanol–water partition coefficient (Wildman–Crippen LogP) is 0.538. The van der Waals surface area contributed by atoms with Crippen molar-refractivity contribution in [2.45, 2.75) is 27.2 Å². The van der Waals surface area contributed by atoms with E-state index in [1.54, 1.807) is 13.8 Å². The molecule has 1 heterocycles. The highest BCUT2D eigenvalue weighted by molar-refractivity contribution is 5.95. The number of carbonyl (C=O) groups excluding carboxylic acids is 1. The summed E-state index contributed by atoms with van der Waals surface area (Å²) in [5.41, 5.74) is 0.983. The minimum absolute atomic E-state index is 0. The highest BCUT2D eigenvalue weighted by Gasteiger charge is 2.15. The first-order chi connectivity index (χ1) is 8.57. The summed E-state index contributed by atoms with van der Waals surface area (Å²) in [5.74, 6) is -0.349. The predicted molar refractivity (Wildman–Crippen MR) is 77.1 cm³/mol. The number of rotatable bonds is 6. The summed E-state index contributed by atoms with van der Waals surface area (Å²) in [5, 5.41) is 12.0. The van der Waals surface area contributed by atoms with Crippen LogP contribution < -0.4 is 16.2 Å². The average Bonchev–Trinajstić information content (AvgIpc) is 2.34. The van der Waals surface area contributed by atoms with Crippen molar-refractivity contribution >= 4 is 18.3 Å². The lowest BCUT2D eigenvalue weighted by molar-refractivity contribution is 0.0951. The third-order valence-electron chi connectivity index (χ3n) is 2.71. The first kappa shape index (κ1) is 17.6. The van der Waals surface area contributed by atoms with Crippen LogP contribution in [0.3, 0.4) is 0 Å². The van der Waals surface area contributed by atoms with Crippen LogP contribution in [0, 0.1) is 13.8 Å². The molecule has 1 rings (SSSR count). The van der Waals surface area contributed by atoms with Gasteiger partial charge in [-0.25, -0.2) is 5.10 Å². The molecule has 0 aliphatic carbocycles. The Morgan fingerprint density at radius 2 is 1.95 bits per heavy atom. The number of nitrogens with one attached hydrogen (secondary N) is 3. The van der Waals surface area contributed by atoms with Crippen LogP contribution >= 0.6 is 12.4 Å². The zero-order valence-electron chi connectivity index (χ0n) is 11.5. The van der Waals surface area contributed by atoms with E-state index in [0.29, 0.717) is 24.3 Å². The van der Waals surface area contributed by atoms with Crippen molar-refractivity contribution in [2.24, 2.45) is 0 Å². The quantitative estimate of drug-likeness (QED) is 0.667. The first-order valence-electron chi connectivity index (χ1n) is 6.12. The third-order valence-corrected chi connectivity index (χ3v) is 2.71. The Kier molecular flexibility index (Phi) is 8.02. The molecule has 1 amide bonds. The van der Waals surface area contributed by atoms with Gasteiger partial charge in [0.25, 0.3) is 11.5 Å². The van der Waals surface area contributed by atoms with Gasteiger partial charge in [-0.05, 0) is 32.4 Å². The normalized spacial score (nSPS) is 9.84. The summed E-state index contributed by atoms with van der Waals surface area (Å²) >= 11 is 0. The van der Waals surface area contributed by atoms with Gasteiger partial charge in [-0.2, -0.15) is 5.10 Å². The number of halogens is 1. The summed E-state index contributed by atoms with van der Waals surface area (Å²) in [4.78, 5) is 23.5. The van der Waals surface area contributed by atoms with Crippen molar-refractivity contribution in [3.63, 3.8) is 0 Å². The van der Waals surface area contributed by atoms with Crippen molar-refractivity contribution in [3.05, 3.63) is 27.2 Å². The molecule has 0 unspecified atom stereocenters. The number of H-pyrrole nitrogens is 1. The molecule has 0 spiro atoms. The van der Waals surface area contributed by atoms with Gasteiger partial charge in [0.1, 0.15) is 5.56 Å². The lowest BCUT2D eigenvalue weighted by Crippen LogP contribution is -2.36. The van der Waals surface area contributed by atoms with Gasteiger partial charge in [-0.3, -0.25) is 9.59 Å². The SMILES string of the molecule is CCCNCCNC(=O)c1c(C)c(C)n[nH]c1=O.Cl. The van der Waals surface area contributed by atoms with E-state index >= 15 is 0 Å². The second kappa shape index (κ2) is 8.66. The van der Waals surface area contributed by atoms with E-state index in [1.807, 2.05) is 0 Å². The van der Waals surface area contributed by atoms with E-state index in [0.717, 1.165) is 13.0 Å². The molecule has 3 N–H and O–H groups in total. The van der Waals surface area contributed by atoms with Crippen LogP contribution in [0.2, 0.25) is 0 Å². The highest BCUT2D eigenvalue weighted by atomic mass is 35.5. The Morgan fingerprint density at radius 1 is 1.26 bits per heavy atom. The van der Waals surface area contributed by atoms with Crippen LogP contribution in [0.1, 0.15) is 35.0 Å². The molecule has 1 aromatic rings.